The average Bonchev–Trinajstić information content (AvgIpc) is 2.25. The van der Waals surface area contributed by atoms with Crippen molar-refractivity contribution in [3.05, 3.63) is 28.8 Å². The van der Waals surface area contributed by atoms with Crippen molar-refractivity contribution >= 4 is 0 Å². The van der Waals surface area contributed by atoms with E-state index in [0.717, 1.165) is 5.56 Å². The van der Waals surface area contributed by atoms with Gasteiger partial charge in [-0.1, -0.05) is 6.07 Å². The molecule has 1 aromatic rings. The summed E-state index contributed by atoms with van der Waals surface area (Å²) in [6.45, 7) is 4.45. The van der Waals surface area contributed by atoms with Gasteiger partial charge >= 0.3 is 0 Å². The normalized spacial score (nSPS) is 12.8. The summed E-state index contributed by atoms with van der Waals surface area (Å²) in [4.78, 5) is 0. The van der Waals surface area contributed by atoms with Crippen LogP contribution in [0.4, 0.5) is 0 Å². The van der Waals surface area contributed by atoms with Crippen LogP contribution in [-0.2, 0) is 13.1 Å². The van der Waals surface area contributed by atoms with Crippen molar-refractivity contribution in [2.24, 2.45) is 0 Å². The number of aliphatic hydroxyl groups is 4. The zero-order valence-corrected chi connectivity index (χ0v) is 11.8. The number of hydrogen-bond acceptors (Lipinski definition) is 7. The Morgan fingerprint density at radius 3 is 1.80 bits per heavy atom. The van der Waals surface area contributed by atoms with Gasteiger partial charge in [0.25, 0.3) is 0 Å². The summed E-state index contributed by atoms with van der Waals surface area (Å²) in [5.41, 5.74) is 2.04. The molecule has 0 unspecified atom stereocenters. The summed E-state index contributed by atoms with van der Waals surface area (Å²) >= 11 is 0. The van der Waals surface area contributed by atoms with Gasteiger partial charge in [0, 0.05) is 32.5 Å². The zero-order valence-electron chi connectivity index (χ0n) is 11.8. The third-order valence-corrected chi connectivity index (χ3v) is 2.76. The molecule has 0 aliphatic rings. The third-order valence-electron chi connectivity index (χ3n) is 2.76. The maximum Gasteiger partial charge on any atom is 0.219 e. The van der Waals surface area contributed by atoms with Gasteiger partial charge in [-0.05, 0) is 24.1 Å². The van der Waals surface area contributed by atoms with Gasteiger partial charge in [0.05, 0.1) is 0 Å². The highest BCUT2D eigenvalue weighted by Gasteiger charge is 2.17. The lowest BCUT2D eigenvalue weighted by Gasteiger charge is -2.20. The summed E-state index contributed by atoms with van der Waals surface area (Å²) in [6.07, 6.45) is 0. The molecule has 0 bridgehead atoms. The molecule has 0 spiro atoms. The molecule has 0 aliphatic carbocycles. The van der Waals surface area contributed by atoms with Gasteiger partial charge in [0.1, 0.15) is 5.75 Å². The summed E-state index contributed by atoms with van der Waals surface area (Å²) in [6, 6.07) is 3.19. The molecule has 20 heavy (non-hydrogen) atoms. The molecular weight excluding hydrogens is 264 g/mol. The highest BCUT2D eigenvalue weighted by molar-refractivity contribution is 5.41. The Hall–Kier alpha value is -1.22. The number of phenols is 1. The standard InChI is InChI=1S/C13H22N2O5/c1-8-4-10(7-15-13(3,19)20)11(16)5-9(8)6-14-12(2,17)18/h4-5,14-20H,6-7H2,1-3H3. The molecule has 0 saturated heterocycles. The van der Waals surface area contributed by atoms with Crippen LogP contribution in [0.15, 0.2) is 12.1 Å². The predicted molar refractivity (Wildman–Crippen MR) is 72.2 cm³/mol. The van der Waals surface area contributed by atoms with Crippen molar-refractivity contribution in [3.63, 3.8) is 0 Å². The van der Waals surface area contributed by atoms with E-state index in [-0.39, 0.29) is 18.8 Å². The topological polar surface area (TPSA) is 125 Å². The molecule has 0 saturated carbocycles. The van der Waals surface area contributed by atoms with E-state index in [4.69, 9.17) is 10.2 Å². The Morgan fingerprint density at radius 1 is 0.900 bits per heavy atom. The van der Waals surface area contributed by atoms with E-state index in [1.807, 2.05) is 6.92 Å². The highest BCUT2D eigenvalue weighted by atomic mass is 16.5. The first-order chi connectivity index (χ1) is 8.98. The van der Waals surface area contributed by atoms with Crippen LogP contribution in [0, 0.1) is 6.92 Å². The SMILES string of the molecule is Cc1cc(CNC(C)(O)O)c(O)cc1CNC(C)(O)O. The summed E-state index contributed by atoms with van der Waals surface area (Å²) in [5.74, 6) is -4.02. The maximum atomic E-state index is 9.89. The van der Waals surface area contributed by atoms with E-state index in [2.05, 4.69) is 10.6 Å². The lowest BCUT2D eigenvalue weighted by Crippen LogP contribution is -2.41. The number of aryl methyl sites for hydroxylation is 1. The Kier molecular flexibility index (Phi) is 5.09. The molecule has 7 N–H and O–H groups in total. The second-order valence-corrected chi connectivity index (χ2v) is 5.16. The Balaban J connectivity index is 2.81. The van der Waals surface area contributed by atoms with Gasteiger partial charge < -0.3 is 25.5 Å². The van der Waals surface area contributed by atoms with Crippen LogP contribution in [-0.4, -0.2) is 37.4 Å². The van der Waals surface area contributed by atoms with Crippen LogP contribution < -0.4 is 10.6 Å². The van der Waals surface area contributed by atoms with Crippen molar-refractivity contribution in [3.8, 4) is 5.75 Å². The second-order valence-electron chi connectivity index (χ2n) is 5.16. The lowest BCUT2D eigenvalue weighted by molar-refractivity contribution is -0.171. The lowest BCUT2D eigenvalue weighted by atomic mass is 10.0. The first-order valence-corrected chi connectivity index (χ1v) is 6.19. The van der Waals surface area contributed by atoms with E-state index in [1.54, 1.807) is 6.07 Å². The molecule has 0 heterocycles. The molecule has 0 aromatic heterocycles. The number of nitrogens with one attached hydrogen (secondary N) is 2. The predicted octanol–water partition coefficient (Wildman–Crippen LogP) is -0.804. The van der Waals surface area contributed by atoms with Gasteiger partial charge in [0.15, 0.2) is 0 Å². The molecule has 7 nitrogen and oxygen atoms in total. The molecule has 0 atom stereocenters. The van der Waals surface area contributed by atoms with Crippen LogP contribution in [0.5, 0.6) is 5.75 Å². The first kappa shape index (κ1) is 16.8. The molecule has 114 valence electrons. The fourth-order valence-corrected chi connectivity index (χ4v) is 1.66. The molecular formula is C13H22N2O5. The fraction of sp³-hybridized carbons (Fsp3) is 0.538. The van der Waals surface area contributed by atoms with Crippen LogP contribution >= 0.6 is 0 Å². The number of benzene rings is 1. The van der Waals surface area contributed by atoms with Gasteiger partial charge in [-0.2, -0.15) is 0 Å². The van der Waals surface area contributed by atoms with Crippen molar-refractivity contribution < 1.29 is 25.5 Å². The van der Waals surface area contributed by atoms with E-state index in [9.17, 15) is 15.3 Å². The Labute approximate surface area is 117 Å². The van der Waals surface area contributed by atoms with Crippen LogP contribution in [0.3, 0.4) is 0 Å². The number of rotatable bonds is 6. The van der Waals surface area contributed by atoms with Gasteiger partial charge in [-0.3, -0.25) is 10.6 Å². The average molecular weight is 286 g/mol. The molecule has 1 aromatic carbocycles. The molecule has 0 amide bonds. The molecule has 0 radical (unpaired) electrons. The van der Waals surface area contributed by atoms with Crippen molar-refractivity contribution in [2.75, 3.05) is 0 Å². The minimum atomic E-state index is -2.02. The molecule has 0 aliphatic heterocycles. The minimum absolute atomic E-state index is 0.0123. The van der Waals surface area contributed by atoms with Crippen LogP contribution in [0.1, 0.15) is 30.5 Å². The molecule has 0 fully saturated rings. The number of aromatic hydroxyl groups is 1. The van der Waals surface area contributed by atoms with Gasteiger partial charge in [-0.25, -0.2) is 0 Å². The second kappa shape index (κ2) is 6.04. The third kappa shape index (κ3) is 5.83. The van der Waals surface area contributed by atoms with Crippen molar-refractivity contribution in [1.29, 1.82) is 0 Å². The minimum Gasteiger partial charge on any atom is -0.508 e. The van der Waals surface area contributed by atoms with Crippen molar-refractivity contribution in [2.45, 2.75) is 45.7 Å². The monoisotopic (exact) mass is 286 g/mol. The Morgan fingerprint density at radius 2 is 1.35 bits per heavy atom. The molecule has 7 heteroatoms. The van der Waals surface area contributed by atoms with Gasteiger partial charge in [0.2, 0.25) is 11.8 Å². The van der Waals surface area contributed by atoms with E-state index >= 15 is 0 Å². The summed E-state index contributed by atoms with van der Waals surface area (Å²) in [5, 5.41) is 51.5. The summed E-state index contributed by atoms with van der Waals surface area (Å²) in [7, 11) is 0. The van der Waals surface area contributed by atoms with E-state index < -0.39 is 11.8 Å². The molecule has 1 rings (SSSR count). The first-order valence-electron chi connectivity index (χ1n) is 6.19. The largest absolute Gasteiger partial charge is 0.508 e. The van der Waals surface area contributed by atoms with Crippen LogP contribution in [0.25, 0.3) is 0 Å². The van der Waals surface area contributed by atoms with Gasteiger partial charge in [-0.15, -0.1) is 0 Å². The summed E-state index contributed by atoms with van der Waals surface area (Å²) < 4.78 is 0. The number of hydrogen-bond donors (Lipinski definition) is 7. The highest BCUT2D eigenvalue weighted by Crippen LogP contribution is 2.23. The smallest absolute Gasteiger partial charge is 0.219 e. The van der Waals surface area contributed by atoms with Crippen LogP contribution in [0.2, 0.25) is 0 Å². The quantitative estimate of drug-likeness (QED) is 0.341. The van der Waals surface area contributed by atoms with Crippen molar-refractivity contribution in [1.82, 2.24) is 10.6 Å². The number of phenolic OH excluding ortho intramolecular Hbond substituents is 1. The van der Waals surface area contributed by atoms with E-state index in [1.165, 1.54) is 19.9 Å². The fourth-order valence-electron chi connectivity index (χ4n) is 1.66. The Bertz CT molecular complexity index is 419. The maximum absolute atomic E-state index is 9.89. The van der Waals surface area contributed by atoms with E-state index in [0.29, 0.717) is 11.1 Å². The zero-order chi connectivity index (χ0) is 15.6.